The molecule has 0 aliphatic carbocycles. The maximum Gasteiger partial charge on any atom is 0.192 e. The molecule has 3 aromatic carbocycles. The molecule has 4 rings (SSSR count). The van der Waals surface area contributed by atoms with Crippen LogP contribution in [-0.2, 0) is 12.3 Å². The quantitative estimate of drug-likeness (QED) is 0.249. The van der Waals surface area contributed by atoms with Crippen molar-refractivity contribution in [1.29, 1.82) is 0 Å². The van der Waals surface area contributed by atoms with Gasteiger partial charge < -0.3 is 0 Å². The Hall–Kier alpha value is -2.27. The van der Waals surface area contributed by atoms with Crippen LogP contribution in [0.1, 0.15) is 5.56 Å². The number of nitrogens with zero attached hydrogens (tertiary/aromatic N) is 3. The highest BCUT2D eigenvalue weighted by Gasteiger charge is 2.16. The van der Waals surface area contributed by atoms with Crippen molar-refractivity contribution in [3.05, 3.63) is 88.9 Å². The Balaban J connectivity index is 1.66. The van der Waals surface area contributed by atoms with Crippen LogP contribution in [0.4, 0.5) is 0 Å². The normalized spacial score (nSPS) is 11.1. The smallest absolute Gasteiger partial charge is 0.192 e. The Morgan fingerprint density at radius 3 is 2.64 bits per heavy atom. The van der Waals surface area contributed by atoms with Crippen molar-refractivity contribution in [1.82, 2.24) is 14.8 Å². The van der Waals surface area contributed by atoms with Crippen LogP contribution in [0.3, 0.4) is 0 Å². The van der Waals surface area contributed by atoms with Gasteiger partial charge in [0, 0.05) is 22.9 Å². The maximum absolute atomic E-state index is 6.39. The van der Waals surface area contributed by atoms with Gasteiger partial charge in [-0.1, -0.05) is 83.5 Å². The van der Waals surface area contributed by atoms with Crippen molar-refractivity contribution in [2.75, 3.05) is 0 Å². The molecule has 28 heavy (non-hydrogen) atoms. The lowest BCUT2D eigenvalue weighted by atomic mass is 10.1. The van der Waals surface area contributed by atoms with E-state index in [2.05, 4.69) is 59.2 Å². The van der Waals surface area contributed by atoms with E-state index in [0.29, 0.717) is 22.4 Å². The van der Waals surface area contributed by atoms with E-state index in [1.807, 2.05) is 16.7 Å². The SMILES string of the molecule is C=CCn1c(SCc2cccc3ccccc23)nnc1-c1ccc(Cl)cc1Cl. The van der Waals surface area contributed by atoms with E-state index in [0.717, 1.165) is 16.5 Å². The zero-order valence-electron chi connectivity index (χ0n) is 15.0. The van der Waals surface area contributed by atoms with Crippen LogP contribution in [0.5, 0.6) is 0 Å². The molecule has 140 valence electrons. The Morgan fingerprint density at radius 2 is 1.82 bits per heavy atom. The van der Waals surface area contributed by atoms with Crippen LogP contribution in [0, 0.1) is 0 Å². The minimum atomic E-state index is 0.552. The second kappa shape index (κ2) is 8.39. The molecular weight excluding hydrogens is 409 g/mol. The second-order valence-corrected chi connectivity index (χ2v) is 8.04. The summed E-state index contributed by atoms with van der Waals surface area (Å²) in [7, 11) is 0. The van der Waals surface area contributed by atoms with Crippen molar-refractivity contribution in [2.24, 2.45) is 0 Å². The molecular formula is C22H17Cl2N3S. The third-order valence-corrected chi connectivity index (χ3v) is 6.00. The molecule has 6 heteroatoms. The number of benzene rings is 3. The summed E-state index contributed by atoms with van der Waals surface area (Å²) in [6.07, 6.45) is 1.83. The summed E-state index contributed by atoms with van der Waals surface area (Å²) in [4.78, 5) is 0. The predicted octanol–water partition coefficient (Wildman–Crippen LogP) is 6.88. The molecule has 0 aliphatic rings. The number of hydrogen-bond donors (Lipinski definition) is 0. The third kappa shape index (κ3) is 3.81. The highest BCUT2D eigenvalue weighted by Crippen LogP contribution is 2.33. The molecule has 0 saturated carbocycles. The van der Waals surface area contributed by atoms with Gasteiger partial charge in [0.1, 0.15) is 0 Å². The number of rotatable bonds is 6. The van der Waals surface area contributed by atoms with E-state index in [1.165, 1.54) is 16.3 Å². The number of hydrogen-bond acceptors (Lipinski definition) is 3. The van der Waals surface area contributed by atoms with Crippen LogP contribution in [0.25, 0.3) is 22.2 Å². The van der Waals surface area contributed by atoms with Crippen molar-refractivity contribution in [2.45, 2.75) is 17.5 Å². The lowest BCUT2D eigenvalue weighted by Crippen LogP contribution is -2.01. The largest absolute Gasteiger partial charge is 0.298 e. The first-order chi connectivity index (χ1) is 13.7. The van der Waals surface area contributed by atoms with E-state index in [9.17, 15) is 0 Å². The van der Waals surface area contributed by atoms with Gasteiger partial charge in [0.2, 0.25) is 0 Å². The average molecular weight is 426 g/mol. The summed E-state index contributed by atoms with van der Waals surface area (Å²) in [6.45, 7) is 4.46. The minimum absolute atomic E-state index is 0.552. The predicted molar refractivity (Wildman–Crippen MR) is 119 cm³/mol. The summed E-state index contributed by atoms with van der Waals surface area (Å²) in [6, 6.07) is 20.2. The fourth-order valence-electron chi connectivity index (χ4n) is 3.12. The van der Waals surface area contributed by atoms with Crippen molar-refractivity contribution >= 4 is 45.7 Å². The summed E-state index contributed by atoms with van der Waals surface area (Å²) < 4.78 is 2.03. The second-order valence-electron chi connectivity index (χ2n) is 6.26. The molecule has 0 N–H and O–H groups in total. The zero-order valence-corrected chi connectivity index (χ0v) is 17.3. The van der Waals surface area contributed by atoms with Gasteiger partial charge in [-0.05, 0) is 34.5 Å². The fourth-order valence-corrected chi connectivity index (χ4v) is 4.56. The van der Waals surface area contributed by atoms with Crippen molar-refractivity contribution in [3.63, 3.8) is 0 Å². The molecule has 0 saturated heterocycles. The van der Waals surface area contributed by atoms with Gasteiger partial charge in [-0.2, -0.15) is 0 Å². The van der Waals surface area contributed by atoms with Crippen LogP contribution in [0.2, 0.25) is 10.0 Å². The van der Waals surface area contributed by atoms with Gasteiger partial charge in [-0.15, -0.1) is 16.8 Å². The van der Waals surface area contributed by atoms with Crippen LogP contribution < -0.4 is 0 Å². The van der Waals surface area contributed by atoms with Gasteiger partial charge in [0.05, 0.1) is 5.02 Å². The standard InChI is InChI=1S/C22H17Cl2N3S/c1-2-12-27-21(19-11-10-17(23)13-20(19)24)25-26-22(27)28-14-16-8-5-7-15-6-3-4-9-18(15)16/h2-11,13H,1,12,14H2. The molecule has 0 aliphatic heterocycles. The Bertz CT molecular complexity index is 1150. The summed E-state index contributed by atoms with van der Waals surface area (Å²) >= 11 is 14.1. The van der Waals surface area contributed by atoms with E-state index < -0.39 is 0 Å². The van der Waals surface area contributed by atoms with Crippen LogP contribution >= 0.6 is 35.0 Å². The summed E-state index contributed by atoms with van der Waals surface area (Å²) in [5.41, 5.74) is 2.07. The number of aromatic nitrogens is 3. The first-order valence-corrected chi connectivity index (χ1v) is 10.5. The number of allylic oxidation sites excluding steroid dienone is 1. The Labute approximate surface area is 178 Å². The number of halogens is 2. The van der Waals surface area contributed by atoms with Gasteiger partial charge in [-0.25, -0.2) is 0 Å². The molecule has 4 aromatic rings. The van der Waals surface area contributed by atoms with E-state index in [4.69, 9.17) is 23.2 Å². The van der Waals surface area contributed by atoms with Gasteiger partial charge in [-0.3, -0.25) is 4.57 Å². The lowest BCUT2D eigenvalue weighted by Gasteiger charge is -2.10. The maximum atomic E-state index is 6.39. The van der Waals surface area contributed by atoms with E-state index in [-0.39, 0.29) is 0 Å². The molecule has 0 atom stereocenters. The molecule has 1 aromatic heterocycles. The van der Waals surface area contributed by atoms with Gasteiger partial charge >= 0.3 is 0 Å². The van der Waals surface area contributed by atoms with Gasteiger partial charge in [0.25, 0.3) is 0 Å². The Kier molecular flexibility index (Phi) is 5.72. The third-order valence-electron chi connectivity index (χ3n) is 4.44. The van der Waals surface area contributed by atoms with Crippen molar-refractivity contribution in [3.8, 4) is 11.4 Å². The Morgan fingerprint density at radius 1 is 1.00 bits per heavy atom. The number of fused-ring (bicyclic) bond motifs is 1. The first kappa shape index (κ1) is 19.1. The molecule has 0 bridgehead atoms. The number of thioether (sulfide) groups is 1. The van der Waals surface area contributed by atoms with E-state index in [1.54, 1.807) is 23.9 Å². The molecule has 0 amide bonds. The lowest BCUT2D eigenvalue weighted by molar-refractivity contribution is 0.731. The first-order valence-electron chi connectivity index (χ1n) is 8.76. The fraction of sp³-hybridized carbons (Fsp3) is 0.0909. The summed E-state index contributed by atoms with van der Waals surface area (Å²) in [5, 5.41) is 13.3. The molecule has 0 unspecified atom stereocenters. The van der Waals surface area contributed by atoms with Crippen LogP contribution in [0.15, 0.2) is 78.5 Å². The van der Waals surface area contributed by atoms with Gasteiger partial charge in [0.15, 0.2) is 11.0 Å². The zero-order chi connectivity index (χ0) is 19.5. The minimum Gasteiger partial charge on any atom is -0.298 e. The summed E-state index contributed by atoms with van der Waals surface area (Å²) in [5.74, 6) is 1.51. The average Bonchev–Trinajstić information content (AvgIpc) is 3.09. The molecule has 1 heterocycles. The molecule has 0 radical (unpaired) electrons. The van der Waals surface area contributed by atoms with E-state index >= 15 is 0 Å². The highest BCUT2D eigenvalue weighted by atomic mass is 35.5. The molecule has 0 spiro atoms. The highest BCUT2D eigenvalue weighted by molar-refractivity contribution is 7.98. The van der Waals surface area contributed by atoms with Crippen LogP contribution in [-0.4, -0.2) is 14.8 Å². The van der Waals surface area contributed by atoms with Crippen molar-refractivity contribution < 1.29 is 0 Å². The molecule has 0 fully saturated rings. The molecule has 3 nitrogen and oxygen atoms in total. The topological polar surface area (TPSA) is 30.7 Å². The monoisotopic (exact) mass is 425 g/mol.